The summed E-state index contributed by atoms with van der Waals surface area (Å²) in [7, 11) is 0. The van der Waals surface area contributed by atoms with Crippen molar-refractivity contribution in [1.82, 2.24) is 4.90 Å². The smallest absolute Gasteiger partial charge is 0.407 e. The molecule has 0 unspecified atom stereocenters. The van der Waals surface area contributed by atoms with E-state index in [1.807, 2.05) is 0 Å². The van der Waals surface area contributed by atoms with E-state index in [1.54, 1.807) is 11.8 Å². The Labute approximate surface area is 132 Å². The van der Waals surface area contributed by atoms with Crippen LogP contribution in [0.5, 0.6) is 0 Å². The topological polar surface area (TPSA) is 86.9 Å². The van der Waals surface area contributed by atoms with Crippen molar-refractivity contribution in [3.8, 4) is 0 Å². The Balaban J connectivity index is 1.91. The van der Waals surface area contributed by atoms with Gasteiger partial charge in [-0.3, -0.25) is 10.1 Å². The molecule has 124 valence electrons. The van der Waals surface area contributed by atoms with E-state index in [2.05, 4.69) is 0 Å². The van der Waals surface area contributed by atoms with E-state index in [-0.39, 0.29) is 29.8 Å². The summed E-state index contributed by atoms with van der Waals surface area (Å²) in [6.45, 7) is 2.79. The van der Waals surface area contributed by atoms with Gasteiger partial charge in [0, 0.05) is 31.7 Å². The van der Waals surface area contributed by atoms with Crippen LogP contribution in [0.4, 0.5) is 20.6 Å². The second-order valence-corrected chi connectivity index (χ2v) is 6.13. The maximum atomic E-state index is 14.9. The first-order valence-corrected chi connectivity index (χ1v) is 7.61. The molecule has 0 aromatic heterocycles. The van der Waals surface area contributed by atoms with Gasteiger partial charge in [0.15, 0.2) is 5.82 Å². The van der Waals surface area contributed by atoms with Gasteiger partial charge in [0.2, 0.25) is 0 Å². The molecule has 1 heterocycles. The van der Waals surface area contributed by atoms with Crippen molar-refractivity contribution >= 4 is 17.5 Å². The predicted molar refractivity (Wildman–Crippen MR) is 81.4 cm³/mol. The first kappa shape index (κ1) is 15.5. The lowest BCUT2D eigenvalue weighted by molar-refractivity contribution is -0.385. The molecule has 1 saturated heterocycles. The number of rotatable bonds is 3. The highest BCUT2D eigenvalue weighted by Gasteiger charge is 2.36. The van der Waals surface area contributed by atoms with Crippen molar-refractivity contribution in [2.45, 2.75) is 31.7 Å². The summed E-state index contributed by atoms with van der Waals surface area (Å²) < 4.78 is 14.9. The molecule has 23 heavy (non-hydrogen) atoms. The van der Waals surface area contributed by atoms with Crippen LogP contribution in [0.25, 0.3) is 0 Å². The fourth-order valence-corrected chi connectivity index (χ4v) is 3.20. The molecule has 1 amide bonds. The Hall–Kier alpha value is -2.38. The van der Waals surface area contributed by atoms with Gasteiger partial charge in [-0.2, -0.15) is 0 Å². The monoisotopic (exact) mass is 323 g/mol. The number of anilines is 1. The van der Waals surface area contributed by atoms with Gasteiger partial charge in [0.05, 0.1) is 16.2 Å². The molecule has 2 aliphatic rings. The lowest BCUT2D eigenvalue weighted by atomic mass is 10.0. The van der Waals surface area contributed by atoms with Gasteiger partial charge < -0.3 is 14.9 Å². The number of nitro groups is 1. The number of amides is 1. The fraction of sp³-hybridized carbons (Fsp3) is 0.533. The van der Waals surface area contributed by atoms with Crippen molar-refractivity contribution in [3.05, 3.63) is 33.6 Å². The maximum Gasteiger partial charge on any atom is 0.407 e. The Kier molecular flexibility index (Phi) is 3.83. The van der Waals surface area contributed by atoms with Gasteiger partial charge in [0.1, 0.15) is 0 Å². The SMILES string of the molecule is C[C@@H]1CN(c2ccc([N+](=O)[O-])c(C3CC3)c2F)CCN1C(=O)O. The van der Waals surface area contributed by atoms with Crippen LogP contribution in [-0.2, 0) is 0 Å². The Morgan fingerprint density at radius 1 is 1.39 bits per heavy atom. The van der Waals surface area contributed by atoms with Crippen molar-refractivity contribution < 1.29 is 19.2 Å². The maximum absolute atomic E-state index is 14.9. The molecule has 7 nitrogen and oxygen atoms in total. The molecule has 0 radical (unpaired) electrons. The molecule has 1 aromatic rings. The molecule has 1 atom stereocenters. The largest absolute Gasteiger partial charge is 0.465 e. The number of hydrogen-bond donors (Lipinski definition) is 1. The summed E-state index contributed by atoms with van der Waals surface area (Å²) >= 11 is 0. The number of benzene rings is 1. The molecule has 0 bridgehead atoms. The van der Waals surface area contributed by atoms with Gasteiger partial charge in [0.25, 0.3) is 5.69 Å². The van der Waals surface area contributed by atoms with Gasteiger partial charge in [-0.15, -0.1) is 0 Å². The zero-order valence-corrected chi connectivity index (χ0v) is 12.7. The summed E-state index contributed by atoms with van der Waals surface area (Å²) in [5.74, 6) is -0.606. The van der Waals surface area contributed by atoms with Gasteiger partial charge in [-0.1, -0.05) is 0 Å². The second kappa shape index (κ2) is 5.68. The van der Waals surface area contributed by atoms with Crippen molar-refractivity contribution in [3.63, 3.8) is 0 Å². The molecule has 2 fully saturated rings. The van der Waals surface area contributed by atoms with E-state index in [4.69, 9.17) is 5.11 Å². The molecule has 1 N–H and O–H groups in total. The number of carbonyl (C=O) groups is 1. The van der Waals surface area contributed by atoms with E-state index in [0.717, 1.165) is 12.8 Å². The number of piperazine rings is 1. The van der Waals surface area contributed by atoms with Gasteiger partial charge in [-0.25, -0.2) is 9.18 Å². The second-order valence-electron chi connectivity index (χ2n) is 6.13. The van der Waals surface area contributed by atoms with Gasteiger partial charge >= 0.3 is 6.09 Å². The lowest BCUT2D eigenvalue weighted by Crippen LogP contribution is -2.54. The summed E-state index contributed by atoms with van der Waals surface area (Å²) in [6, 6.07) is 2.53. The highest BCUT2D eigenvalue weighted by molar-refractivity contribution is 5.66. The Morgan fingerprint density at radius 3 is 2.61 bits per heavy atom. The highest BCUT2D eigenvalue weighted by Crippen LogP contribution is 2.47. The van der Waals surface area contributed by atoms with Crippen LogP contribution in [0, 0.1) is 15.9 Å². The molecule has 1 aliphatic carbocycles. The lowest BCUT2D eigenvalue weighted by Gasteiger charge is -2.39. The molecule has 1 aliphatic heterocycles. The molecular formula is C15H18FN3O4. The van der Waals surface area contributed by atoms with Crippen LogP contribution >= 0.6 is 0 Å². The minimum Gasteiger partial charge on any atom is -0.465 e. The van der Waals surface area contributed by atoms with Gasteiger partial charge in [-0.05, 0) is 31.7 Å². The molecule has 8 heteroatoms. The fourth-order valence-electron chi connectivity index (χ4n) is 3.20. The standard InChI is InChI=1S/C15H18FN3O4/c1-9-8-17(6-7-18(9)15(20)21)12-5-4-11(19(22)23)13(14(12)16)10-2-3-10/h4-5,9-10H,2-3,6-8H2,1H3,(H,20,21)/t9-/m1/s1. The third kappa shape index (κ3) is 2.80. The van der Waals surface area contributed by atoms with Crippen LogP contribution < -0.4 is 4.90 Å². The first-order valence-electron chi connectivity index (χ1n) is 7.61. The third-order valence-corrected chi connectivity index (χ3v) is 4.53. The average Bonchev–Trinajstić information content (AvgIpc) is 3.30. The molecule has 1 aromatic carbocycles. The Bertz CT molecular complexity index is 662. The normalized spacial score (nSPS) is 21.4. The number of nitro benzene ring substituents is 1. The van der Waals surface area contributed by atoms with Crippen LogP contribution in [0.2, 0.25) is 0 Å². The van der Waals surface area contributed by atoms with Crippen molar-refractivity contribution in [2.75, 3.05) is 24.5 Å². The summed E-state index contributed by atoms with van der Waals surface area (Å²) in [5, 5.41) is 20.2. The number of hydrogen-bond acceptors (Lipinski definition) is 4. The van der Waals surface area contributed by atoms with E-state index in [0.29, 0.717) is 18.8 Å². The summed E-state index contributed by atoms with van der Waals surface area (Å²) in [6.07, 6.45) is 0.550. The van der Waals surface area contributed by atoms with Crippen LogP contribution in [-0.4, -0.2) is 46.7 Å². The quantitative estimate of drug-likeness (QED) is 0.683. The zero-order chi connectivity index (χ0) is 16.7. The van der Waals surface area contributed by atoms with E-state index in [9.17, 15) is 19.3 Å². The minimum atomic E-state index is -0.986. The molecule has 3 rings (SSSR count). The highest BCUT2D eigenvalue weighted by atomic mass is 19.1. The van der Waals surface area contributed by atoms with E-state index < -0.39 is 16.8 Å². The number of halogens is 1. The van der Waals surface area contributed by atoms with Crippen molar-refractivity contribution in [1.29, 1.82) is 0 Å². The number of carboxylic acid groups (broad SMARTS) is 1. The van der Waals surface area contributed by atoms with Crippen LogP contribution in [0.3, 0.4) is 0 Å². The molecular weight excluding hydrogens is 305 g/mol. The predicted octanol–water partition coefficient (Wildman–Crippen LogP) is 2.80. The molecule has 1 saturated carbocycles. The minimum absolute atomic E-state index is 0.0758. The van der Waals surface area contributed by atoms with Crippen molar-refractivity contribution in [2.24, 2.45) is 0 Å². The summed E-state index contributed by atoms with van der Waals surface area (Å²) in [5.41, 5.74) is 0.362. The first-order chi connectivity index (χ1) is 10.9. The van der Waals surface area contributed by atoms with E-state index in [1.165, 1.54) is 17.0 Å². The Morgan fingerprint density at radius 2 is 2.09 bits per heavy atom. The molecule has 0 spiro atoms. The van der Waals surface area contributed by atoms with E-state index >= 15 is 0 Å². The summed E-state index contributed by atoms with van der Waals surface area (Å²) in [4.78, 5) is 24.8. The van der Waals surface area contributed by atoms with Crippen LogP contribution in [0.1, 0.15) is 31.2 Å². The average molecular weight is 323 g/mol. The van der Waals surface area contributed by atoms with Crippen LogP contribution in [0.15, 0.2) is 12.1 Å². The zero-order valence-electron chi connectivity index (χ0n) is 12.7. The number of nitrogens with zero attached hydrogens (tertiary/aromatic N) is 3. The third-order valence-electron chi connectivity index (χ3n) is 4.53.